The zero-order chi connectivity index (χ0) is 11.1. The lowest BCUT2D eigenvalue weighted by atomic mass is 10.2. The summed E-state index contributed by atoms with van der Waals surface area (Å²) in [6, 6.07) is 9.52. The van der Waals surface area contributed by atoms with Crippen molar-refractivity contribution in [3.63, 3.8) is 0 Å². The van der Waals surface area contributed by atoms with Gasteiger partial charge in [-0.1, -0.05) is 30.3 Å². The number of benzene rings is 1. The molecule has 0 aliphatic carbocycles. The lowest BCUT2D eigenvalue weighted by Gasteiger charge is -2.13. The minimum atomic E-state index is 0.0452. The summed E-state index contributed by atoms with van der Waals surface area (Å²) >= 11 is 0. The van der Waals surface area contributed by atoms with E-state index in [1.54, 1.807) is 0 Å². The van der Waals surface area contributed by atoms with Gasteiger partial charge in [0.05, 0.1) is 6.54 Å². The molecule has 1 rings (SSSR count). The second-order valence-corrected chi connectivity index (χ2v) is 2.80. The molecule has 0 aromatic heterocycles. The van der Waals surface area contributed by atoms with Crippen LogP contribution in [0.5, 0.6) is 0 Å². The van der Waals surface area contributed by atoms with Gasteiger partial charge in [0.2, 0.25) is 5.96 Å². The molecule has 0 spiro atoms. The first-order valence-electron chi connectivity index (χ1n) is 4.35. The Labute approximate surface area is 88.3 Å². The number of nitrogens with two attached hydrogens (primary N) is 1. The van der Waals surface area contributed by atoms with E-state index in [2.05, 4.69) is 9.99 Å². The summed E-state index contributed by atoms with van der Waals surface area (Å²) in [5.41, 5.74) is 6.50. The molecule has 0 aliphatic rings. The Morgan fingerprint density at radius 3 is 2.73 bits per heavy atom. The van der Waals surface area contributed by atoms with Crippen LogP contribution in [0.4, 0.5) is 0 Å². The molecule has 0 unspecified atom stereocenters. The van der Waals surface area contributed by atoms with Gasteiger partial charge in [0.1, 0.15) is 7.11 Å². The van der Waals surface area contributed by atoms with Crippen LogP contribution < -0.4 is 5.73 Å². The molecule has 0 fully saturated rings. The van der Waals surface area contributed by atoms with E-state index in [-0.39, 0.29) is 5.96 Å². The van der Waals surface area contributed by atoms with Crippen molar-refractivity contribution in [2.75, 3.05) is 7.11 Å². The molecule has 0 heterocycles. The van der Waals surface area contributed by atoms with Gasteiger partial charge in [0, 0.05) is 0 Å². The van der Waals surface area contributed by atoms with Gasteiger partial charge in [-0.05, 0) is 10.7 Å². The third-order valence-electron chi connectivity index (χ3n) is 1.77. The van der Waals surface area contributed by atoms with Crippen LogP contribution in [0.3, 0.4) is 0 Å². The maximum Gasteiger partial charge on any atom is 0.247 e. The molecule has 0 bridgehead atoms. The van der Waals surface area contributed by atoms with E-state index in [1.807, 2.05) is 36.5 Å². The summed E-state index contributed by atoms with van der Waals surface area (Å²) in [6.45, 7) is 0.385. The van der Waals surface area contributed by atoms with Crippen molar-refractivity contribution >= 4 is 5.96 Å². The van der Waals surface area contributed by atoms with Crippen molar-refractivity contribution in [3.8, 4) is 6.19 Å². The Kier molecular flexibility index (Phi) is 3.98. The summed E-state index contributed by atoms with van der Waals surface area (Å²) in [6.07, 6.45) is 1.93. The number of rotatable bonds is 3. The zero-order valence-electron chi connectivity index (χ0n) is 8.42. The van der Waals surface area contributed by atoms with Crippen molar-refractivity contribution in [3.05, 3.63) is 35.9 Å². The van der Waals surface area contributed by atoms with Crippen LogP contribution in [0.2, 0.25) is 0 Å². The molecular weight excluding hydrogens is 192 g/mol. The molecule has 0 saturated heterocycles. The van der Waals surface area contributed by atoms with Gasteiger partial charge in [0.15, 0.2) is 6.19 Å². The molecule has 0 saturated carbocycles. The molecule has 5 heteroatoms. The second kappa shape index (κ2) is 5.50. The molecule has 2 N–H and O–H groups in total. The Morgan fingerprint density at radius 1 is 1.53 bits per heavy atom. The summed E-state index contributed by atoms with van der Waals surface area (Å²) in [5.74, 6) is 0.0452. The third kappa shape index (κ3) is 3.19. The minimum Gasteiger partial charge on any atom is -0.396 e. The highest BCUT2D eigenvalue weighted by Gasteiger charge is 2.07. The van der Waals surface area contributed by atoms with Gasteiger partial charge in [-0.3, -0.25) is 0 Å². The second-order valence-electron chi connectivity index (χ2n) is 2.80. The summed E-state index contributed by atoms with van der Waals surface area (Å²) < 4.78 is 0. The average Bonchev–Trinajstić information content (AvgIpc) is 2.27. The predicted octanol–water partition coefficient (Wildman–Crippen LogP) is 0.846. The van der Waals surface area contributed by atoms with Crippen LogP contribution in [-0.2, 0) is 11.4 Å². The maximum absolute atomic E-state index is 8.84. The van der Waals surface area contributed by atoms with Crippen LogP contribution in [-0.4, -0.2) is 18.0 Å². The Bertz CT molecular complexity index is 369. The van der Waals surface area contributed by atoms with E-state index < -0.39 is 0 Å². The molecule has 0 atom stereocenters. The van der Waals surface area contributed by atoms with Gasteiger partial charge < -0.3 is 10.6 Å². The van der Waals surface area contributed by atoms with Crippen LogP contribution in [0.15, 0.2) is 35.5 Å². The number of hydrogen-bond donors (Lipinski definition) is 1. The quantitative estimate of drug-likeness (QED) is 0.260. The van der Waals surface area contributed by atoms with E-state index in [1.165, 1.54) is 12.0 Å². The molecule has 1 aromatic rings. The molecule has 5 nitrogen and oxygen atoms in total. The van der Waals surface area contributed by atoms with Gasteiger partial charge in [-0.2, -0.15) is 5.26 Å². The van der Waals surface area contributed by atoms with Crippen LogP contribution in [0.25, 0.3) is 0 Å². The van der Waals surface area contributed by atoms with E-state index in [4.69, 9.17) is 11.0 Å². The smallest absolute Gasteiger partial charge is 0.247 e. The van der Waals surface area contributed by atoms with E-state index in [0.29, 0.717) is 6.54 Å². The Morgan fingerprint density at radius 2 is 2.20 bits per heavy atom. The van der Waals surface area contributed by atoms with E-state index in [9.17, 15) is 0 Å². The first-order chi connectivity index (χ1) is 7.27. The first-order valence-corrected chi connectivity index (χ1v) is 4.35. The molecule has 15 heavy (non-hydrogen) atoms. The van der Waals surface area contributed by atoms with Gasteiger partial charge in [0.25, 0.3) is 0 Å². The molecule has 0 amide bonds. The number of oxime groups is 1. The van der Waals surface area contributed by atoms with Crippen LogP contribution >= 0.6 is 0 Å². The maximum atomic E-state index is 8.84. The predicted molar refractivity (Wildman–Crippen MR) is 56.2 cm³/mol. The normalized spacial score (nSPS) is 10.5. The fraction of sp³-hybridized carbons (Fsp3) is 0.200. The molecule has 1 aromatic carbocycles. The summed E-state index contributed by atoms with van der Waals surface area (Å²) in [7, 11) is 1.38. The van der Waals surface area contributed by atoms with Crippen molar-refractivity contribution in [1.29, 1.82) is 5.26 Å². The van der Waals surface area contributed by atoms with Crippen LogP contribution in [0.1, 0.15) is 5.56 Å². The van der Waals surface area contributed by atoms with Crippen molar-refractivity contribution < 1.29 is 4.84 Å². The Hall–Kier alpha value is -2.22. The highest BCUT2D eigenvalue weighted by Crippen LogP contribution is 2.02. The lowest BCUT2D eigenvalue weighted by molar-refractivity contribution is 0.207. The fourth-order valence-corrected chi connectivity index (χ4v) is 1.08. The van der Waals surface area contributed by atoms with Gasteiger partial charge in [-0.15, -0.1) is 0 Å². The number of nitriles is 1. The minimum absolute atomic E-state index is 0.0452. The van der Waals surface area contributed by atoms with Crippen molar-refractivity contribution in [2.45, 2.75) is 6.54 Å². The topological polar surface area (TPSA) is 74.6 Å². The monoisotopic (exact) mass is 204 g/mol. The standard InChI is InChI=1S/C10H12N4O/c1-15-13-10(12)14(8-11)7-9-5-3-2-4-6-9/h2-6H,7H2,1H3,(H2,12,13). The van der Waals surface area contributed by atoms with Crippen LogP contribution in [0, 0.1) is 11.5 Å². The number of hydrogen-bond acceptors (Lipinski definition) is 3. The largest absolute Gasteiger partial charge is 0.396 e. The molecular formula is C10H12N4O. The first kappa shape index (κ1) is 10.9. The highest BCUT2D eigenvalue weighted by atomic mass is 16.6. The van der Waals surface area contributed by atoms with E-state index >= 15 is 0 Å². The number of nitrogens with zero attached hydrogens (tertiary/aromatic N) is 3. The summed E-state index contributed by atoms with van der Waals surface area (Å²) in [4.78, 5) is 5.74. The zero-order valence-corrected chi connectivity index (χ0v) is 8.42. The van der Waals surface area contributed by atoms with Crippen molar-refractivity contribution in [1.82, 2.24) is 4.90 Å². The molecule has 0 radical (unpaired) electrons. The fourth-order valence-electron chi connectivity index (χ4n) is 1.08. The van der Waals surface area contributed by atoms with E-state index in [0.717, 1.165) is 5.56 Å². The highest BCUT2D eigenvalue weighted by molar-refractivity contribution is 5.78. The number of guanidine groups is 1. The average molecular weight is 204 g/mol. The van der Waals surface area contributed by atoms with Crippen molar-refractivity contribution in [2.24, 2.45) is 10.9 Å². The van der Waals surface area contributed by atoms with Gasteiger partial charge in [-0.25, -0.2) is 4.90 Å². The Balaban J connectivity index is 2.71. The SMILES string of the molecule is CON=C(N)N(C#N)Cc1ccccc1. The summed E-state index contributed by atoms with van der Waals surface area (Å²) in [5, 5.41) is 12.3. The molecule has 78 valence electrons. The third-order valence-corrected chi connectivity index (χ3v) is 1.77. The molecule has 0 aliphatic heterocycles. The van der Waals surface area contributed by atoms with Gasteiger partial charge >= 0.3 is 0 Å². The lowest BCUT2D eigenvalue weighted by Crippen LogP contribution is -2.33.